The van der Waals surface area contributed by atoms with Gasteiger partial charge in [0.25, 0.3) is 0 Å². The lowest BCUT2D eigenvalue weighted by Gasteiger charge is -2.20. The number of hydrogen-bond acceptors (Lipinski definition) is 5. The minimum absolute atomic E-state index is 0.0177. The molecule has 0 bridgehead atoms. The largest absolute Gasteiger partial charge is 0.466 e. The summed E-state index contributed by atoms with van der Waals surface area (Å²) in [7, 11) is 0. The van der Waals surface area contributed by atoms with Crippen LogP contribution in [0.1, 0.15) is 284 Å². The predicted octanol–water partition coefficient (Wildman–Crippen LogP) is 15.3. The number of aliphatic hydroxyl groups excluding tert-OH is 2. The SMILES string of the molecule is CCCCCCCCCCCCCCCC/C=C/C(O)C(CO)NC(=O)CCCCCCCCCCCCOC(=O)CCCCCCCCCCCCCCCCC. The maximum Gasteiger partial charge on any atom is 0.305 e. The van der Waals surface area contributed by atoms with Crippen molar-refractivity contribution in [3.63, 3.8) is 0 Å². The Morgan fingerprint density at radius 3 is 1.17 bits per heavy atom. The molecule has 2 unspecified atom stereocenters. The minimum Gasteiger partial charge on any atom is -0.466 e. The Kier molecular flexibility index (Phi) is 47.1. The van der Waals surface area contributed by atoms with Gasteiger partial charge in [-0.05, 0) is 32.1 Å². The summed E-state index contributed by atoms with van der Waals surface area (Å²) in [6.45, 7) is 4.86. The van der Waals surface area contributed by atoms with Crippen molar-refractivity contribution in [2.75, 3.05) is 13.2 Å². The van der Waals surface area contributed by atoms with Crippen molar-refractivity contribution in [2.24, 2.45) is 0 Å². The summed E-state index contributed by atoms with van der Waals surface area (Å²) in [5.74, 6) is -0.106. The molecule has 3 N–H and O–H groups in total. The van der Waals surface area contributed by atoms with E-state index in [-0.39, 0.29) is 18.5 Å². The molecule has 344 valence electrons. The lowest BCUT2D eigenvalue weighted by atomic mass is 10.0. The Bertz CT molecular complexity index is 863. The molecule has 0 saturated carbocycles. The Morgan fingerprint density at radius 1 is 0.466 bits per heavy atom. The Morgan fingerprint density at radius 2 is 0.793 bits per heavy atom. The fraction of sp³-hybridized carbons (Fsp3) is 0.923. The van der Waals surface area contributed by atoms with Crippen molar-refractivity contribution in [2.45, 2.75) is 296 Å². The third-order valence-corrected chi connectivity index (χ3v) is 12.1. The summed E-state index contributed by atoms with van der Waals surface area (Å²) >= 11 is 0. The minimum atomic E-state index is -0.857. The maximum atomic E-state index is 12.4. The van der Waals surface area contributed by atoms with E-state index in [1.54, 1.807) is 6.08 Å². The second kappa shape index (κ2) is 48.3. The summed E-state index contributed by atoms with van der Waals surface area (Å²) in [6.07, 6.45) is 54.9. The topological polar surface area (TPSA) is 95.9 Å². The monoisotopic (exact) mass is 820 g/mol. The molecule has 1 amide bonds. The molecule has 0 spiro atoms. The zero-order chi connectivity index (χ0) is 42.3. The van der Waals surface area contributed by atoms with E-state index in [2.05, 4.69) is 19.2 Å². The zero-order valence-corrected chi connectivity index (χ0v) is 39.0. The Balaban J connectivity index is 3.50. The number of aliphatic hydroxyl groups is 2. The van der Waals surface area contributed by atoms with Crippen LogP contribution in [-0.2, 0) is 14.3 Å². The van der Waals surface area contributed by atoms with Gasteiger partial charge in [0.15, 0.2) is 0 Å². The number of unbranched alkanes of at least 4 members (excludes halogenated alkanes) is 37. The normalized spacial score (nSPS) is 12.7. The van der Waals surface area contributed by atoms with Gasteiger partial charge in [0.2, 0.25) is 5.91 Å². The molecule has 0 aliphatic carbocycles. The molecule has 6 heteroatoms. The fourth-order valence-electron chi connectivity index (χ4n) is 8.05. The average Bonchev–Trinajstić information content (AvgIpc) is 3.22. The van der Waals surface area contributed by atoms with Crippen molar-refractivity contribution in [1.82, 2.24) is 5.32 Å². The molecule has 0 aromatic heterocycles. The van der Waals surface area contributed by atoms with Crippen LogP contribution >= 0.6 is 0 Å². The molecule has 0 heterocycles. The first kappa shape index (κ1) is 56.6. The average molecular weight is 820 g/mol. The van der Waals surface area contributed by atoms with Crippen LogP contribution in [0, 0.1) is 0 Å². The number of carbonyl (C=O) groups is 2. The van der Waals surface area contributed by atoms with Crippen LogP contribution in [0.25, 0.3) is 0 Å². The number of hydrogen-bond donors (Lipinski definition) is 3. The molecule has 6 nitrogen and oxygen atoms in total. The van der Waals surface area contributed by atoms with Crippen LogP contribution in [0.2, 0.25) is 0 Å². The van der Waals surface area contributed by atoms with Gasteiger partial charge in [-0.2, -0.15) is 0 Å². The molecule has 0 fully saturated rings. The Labute approximate surface area is 361 Å². The smallest absolute Gasteiger partial charge is 0.305 e. The quantitative estimate of drug-likeness (QED) is 0.0323. The van der Waals surface area contributed by atoms with Crippen LogP contribution in [-0.4, -0.2) is 47.4 Å². The number of ether oxygens (including phenoxy) is 1. The molecule has 0 aliphatic rings. The first-order chi connectivity index (χ1) is 28.5. The maximum absolute atomic E-state index is 12.4. The molecule has 0 aliphatic heterocycles. The first-order valence-electron chi connectivity index (χ1n) is 26.0. The van der Waals surface area contributed by atoms with E-state index in [9.17, 15) is 19.8 Å². The second-order valence-corrected chi connectivity index (χ2v) is 17.9. The highest BCUT2D eigenvalue weighted by molar-refractivity contribution is 5.76. The zero-order valence-electron chi connectivity index (χ0n) is 39.0. The van der Waals surface area contributed by atoms with Gasteiger partial charge in [0.05, 0.1) is 25.4 Å². The standard InChI is InChI=1S/C52H101NO5/c1-3-5-7-9-11-13-15-17-19-21-22-24-28-32-36-40-44-50(55)49(48-54)53-51(56)45-41-37-33-29-26-27-31-35-39-43-47-58-52(57)46-42-38-34-30-25-23-20-18-16-14-12-10-8-6-4-2/h40,44,49-50,54-55H,3-39,41-43,45-48H2,1-2H3,(H,53,56)/b44-40+. The molecule has 0 radical (unpaired) electrons. The van der Waals surface area contributed by atoms with Gasteiger partial charge in [-0.3, -0.25) is 9.59 Å². The fourth-order valence-corrected chi connectivity index (χ4v) is 8.05. The summed E-state index contributed by atoms with van der Waals surface area (Å²) in [6, 6.07) is -0.643. The van der Waals surface area contributed by atoms with Crippen molar-refractivity contribution in [1.29, 1.82) is 0 Å². The van der Waals surface area contributed by atoms with E-state index in [1.807, 2.05) is 6.08 Å². The third kappa shape index (κ3) is 44.2. The van der Waals surface area contributed by atoms with E-state index in [0.717, 1.165) is 57.8 Å². The lowest BCUT2D eigenvalue weighted by molar-refractivity contribution is -0.143. The van der Waals surface area contributed by atoms with E-state index >= 15 is 0 Å². The van der Waals surface area contributed by atoms with Gasteiger partial charge in [-0.15, -0.1) is 0 Å². The highest BCUT2D eigenvalue weighted by atomic mass is 16.5. The third-order valence-electron chi connectivity index (χ3n) is 12.1. The van der Waals surface area contributed by atoms with Crippen LogP contribution in [0.3, 0.4) is 0 Å². The van der Waals surface area contributed by atoms with Crippen LogP contribution in [0.15, 0.2) is 12.2 Å². The summed E-state index contributed by atoms with van der Waals surface area (Å²) in [5, 5.41) is 23.1. The van der Waals surface area contributed by atoms with Gasteiger partial charge in [0.1, 0.15) is 0 Å². The number of rotatable bonds is 48. The van der Waals surface area contributed by atoms with Gasteiger partial charge in [-0.25, -0.2) is 0 Å². The number of esters is 1. The predicted molar refractivity (Wildman–Crippen MR) is 250 cm³/mol. The molecule has 0 saturated heterocycles. The van der Waals surface area contributed by atoms with Crippen molar-refractivity contribution < 1.29 is 24.5 Å². The van der Waals surface area contributed by atoms with E-state index in [0.29, 0.717) is 19.4 Å². The van der Waals surface area contributed by atoms with Gasteiger partial charge in [0, 0.05) is 12.8 Å². The van der Waals surface area contributed by atoms with Crippen molar-refractivity contribution in [3.8, 4) is 0 Å². The number of carbonyl (C=O) groups excluding carboxylic acids is 2. The van der Waals surface area contributed by atoms with Crippen LogP contribution in [0.5, 0.6) is 0 Å². The molecular formula is C52H101NO5. The summed E-state index contributed by atoms with van der Waals surface area (Å²) in [4.78, 5) is 24.5. The van der Waals surface area contributed by atoms with Crippen molar-refractivity contribution in [3.05, 3.63) is 12.2 Å². The van der Waals surface area contributed by atoms with Crippen molar-refractivity contribution >= 4 is 11.9 Å². The van der Waals surface area contributed by atoms with Gasteiger partial charge in [-0.1, -0.05) is 251 Å². The van der Waals surface area contributed by atoms with Crippen LogP contribution in [0.4, 0.5) is 0 Å². The molecule has 0 aromatic rings. The summed E-state index contributed by atoms with van der Waals surface area (Å²) < 4.78 is 5.46. The Hall–Kier alpha value is -1.40. The van der Waals surface area contributed by atoms with Crippen LogP contribution < -0.4 is 5.32 Å². The summed E-state index contributed by atoms with van der Waals surface area (Å²) in [5.41, 5.74) is 0. The van der Waals surface area contributed by atoms with Gasteiger partial charge < -0.3 is 20.3 Å². The number of nitrogens with one attached hydrogen (secondary N) is 1. The number of allylic oxidation sites excluding steroid dienone is 1. The highest BCUT2D eigenvalue weighted by Crippen LogP contribution is 2.16. The van der Waals surface area contributed by atoms with E-state index in [1.165, 1.54) is 199 Å². The molecule has 58 heavy (non-hydrogen) atoms. The highest BCUT2D eigenvalue weighted by Gasteiger charge is 2.18. The molecule has 0 aromatic carbocycles. The lowest BCUT2D eigenvalue weighted by Crippen LogP contribution is -2.45. The van der Waals surface area contributed by atoms with E-state index < -0.39 is 12.1 Å². The molecule has 2 atom stereocenters. The van der Waals surface area contributed by atoms with Gasteiger partial charge >= 0.3 is 5.97 Å². The first-order valence-corrected chi connectivity index (χ1v) is 26.0. The number of amides is 1. The second-order valence-electron chi connectivity index (χ2n) is 17.9. The van der Waals surface area contributed by atoms with E-state index in [4.69, 9.17) is 4.74 Å². The molecular weight excluding hydrogens is 719 g/mol. The molecule has 0 rings (SSSR count).